The van der Waals surface area contributed by atoms with Gasteiger partial charge in [-0.3, -0.25) is 9.59 Å². The molecule has 0 saturated carbocycles. The quantitative estimate of drug-likeness (QED) is 0.545. The molecule has 0 unspecified atom stereocenters. The first kappa shape index (κ1) is 18.4. The molecule has 0 saturated heterocycles. The lowest BCUT2D eigenvalue weighted by atomic mass is 10.0. The number of methoxy groups -OCH3 is 1. The molecule has 7 nitrogen and oxygen atoms in total. The van der Waals surface area contributed by atoms with E-state index >= 15 is 0 Å². The van der Waals surface area contributed by atoms with E-state index in [1.54, 1.807) is 12.1 Å². The summed E-state index contributed by atoms with van der Waals surface area (Å²) in [5, 5.41) is 20.7. The number of phenols is 1. The maximum absolute atomic E-state index is 12.8. The maximum Gasteiger partial charge on any atom is 0.234 e. The molecule has 0 fully saturated rings. The van der Waals surface area contributed by atoms with Crippen molar-refractivity contribution in [1.82, 2.24) is 0 Å². The monoisotopic (exact) mass is 392 g/mol. The van der Waals surface area contributed by atoms with Crippen molar-refractivity contribution < 1.29 is 23.8 Å². The Bertz CT molecular complexity index is 1350. The first-order valence-electron chi connectivity index (χ1n) is 8.67. The molecule has 0 spiro atoms. The van der Waals surface area contributed by atoms with Crippen LogP contribution < -0.4 is 15.6 Å². The summed E-state index contributed by atoms with van der Waals surface area (Å²) in [6, 6.07) is 11.7. The number of phenolic OH excluding ortho intramolecular Hbond substituents is 1. The third-order valence-electron chi connectivity index (χ3n) is 4.65. The fourth-order valence-corrected chi connectivity index (χ4v) is 3.16. The number of aromatic hydroxyl groups is 2. The topological polar surface area (TPSA) is 110 Å². The highest BCUT2D eigenvalue weighted by Gasteiger charge is 2.24. The fourth-order valence-electron chi connectivity index (χ4n) is 3.16. The molecule has 2 N–H and O–H groups in total. The highest BCUT2D eigenvalue weighted by Crippen LogP contribution is 2.42. The average Bonchev–Trinajstić information content (AvgIpc) is 2.73. The third kappa shape index (κ3) is 2.93. The van der Waals surface area contributed by atoms with Crippen molar-refractivity contribution in [2.24, 2.45) is 0 Å². The minimum absolute atomic E-state index is 0.0324. The standard InChI is InChI=1S/C22H16O7/c1-11-20(24)21(25)13(10-28-11)18-16(27-2)9-17-19(22(18)26)14(23)8-15(29-17)12-6-4-3-5-7-12/h3-10,24,26H,1-2H3. The van der Waals surface area contributed by atoms with Gasteiger partial charge in [0.1, 0.15) is 40.3 Å². The van der Waals surface area contributed by atoms with Crippen molar-refractivity contribution in [3.05, 3.63) is 74.9 Å². The summed E-state index contributed by atoms with van der Waals surface area (Å²) in [6.07, 6.45) is 1.10. The highest BCUT2D eigenvalue weighted by atomic mass is 16.5. The first-order valence-corrected chi connectivity index (χ1v) is 8.67. The number of fused-ring (bicyclic) bond motifs is 1. The van der Waals surface area contributed by atoms with E-state index in [-0.39, 0.29) is 33.6 Å². The number of hydrogen-bond donors (Lipinski definition) is 2. The van der Waals surface area contributed by atoms with Crippen LogP contribution in [0.3, 0.4) is 0 Å². The SMILES string of the molecule is COc1cc2oc(-c3ccccc3)cc(=O)c2c(O)c1-c1coc(C)c(O)c1=O. The molecule has 2 aromatic carbocycles. The van der Waals surface area contributed by atoms with Crippen molar-refractivity contribution in [2.75, 3.05) is 7.11 Å². The lowest BCUT2D eigenvalue weighted by molar-refractivity contribution is 0.405. The third-order valence-corrected chi connectivity index (χ3v) is 4.65. The molecular formula is C22H16O7. The summed E-state index contributed by atoms with van der Waals surface area (Å²) < 4.78 is 16.3. The van der Waals surface area contributed by atoms with Crippen LogP contribution in [0.15, 0.2) is 67.2 Å². The second-order valence-corrected chi connectivity index (χ2v) is 6.40. The van der Waals surface area contributed by atoms with E-state index in [4.69, 9.17) is 13.6 Å². The molecule has 7 heteroatoms. The Morgan fingerprint density at radius 1 is 1.00 bits per heavy atom. The lowest BCUT2D eigenvalue weighted by Crippen LogP contribution is -2.08. The summed E-state index contributed by atoms with van der Waals surface area (Å²) in [5.41, 5.74) is -0.674. The number of rotatable bonds is 3. The average molecular weight is 392 g/mol. The van der Waals surface area contributed by atoms with Crippen LogP contribution in [0.1, 0.15) is 5.76 Å². The molecule has 0 aliphatic carbocycles. The van der Waals surface area contributed by atoms with Gasteiger partial charge in [-0.05, 0) is 6.92 Å². The molecule has 4 aromatic rings. The molecule has 2 aromatic heterocycles. The predicted octanol–water partition coefficient (Wildman–Crippen LogP) is 3.81. The van der Waals surface area contributed by atoms with E-state index < -0.39 is 22.4 Å². The second kappa shape index (κ2) is 6.87. The number of aryl methyl sites for hydroxylation is 1. The first-order chi connectivity index (χ1) is 13.9. The number of ether oxygens (including phenoxy) is 1. The Morgan fingerprint density at radius 3 is 2.41 bits per heavy atom. The van der Waals surface area contributed by atoms with Crippen molar-refractivity contribution in [1.29, 1.82) is 0 Å². The minimum atomic E-state index is -0.757. The molecule has 0 bridgehead atoms. The van der Waals surface area contributed by atoms with Crippen LogP contribution >= 0.6 is 0 Å². The van der Waals surface area contributed by atoms with Gasteiger partial charge in [-0.1, -0.05) is 30.3 Å². The Labute approximate surface area is 164 Å². The van der Waals surface area contributed by atoms with Crippen LogP contribution in [0.25, 0.3) is 33.4 Å². The molecule has 0 atom stereocenters. The van der Waals surface area contributed by atoms with Crippen molar-refractivity contribution in [2.45, 2.75) is 6.92 Å². The fraction of sp³-hybridized carbons (Fsp3) is 0.0909. The Kier molecular flexibility index (Phi) is 4.35. The number of hydrogen-bond acceptors (Lipinski definition) is 7. The molecule has 0 aliphatic heterocycles. The van der Waals surface area contributed by atoms with Gasteiger partial charge in [-0.2, -0.15) is 0 Å². The molecule has 0 radical (unpaired) electrons. The van der Waals surface area contributed by atoms with Gasteiger partial charge in [-0.15, -0.1) is 0 Å². The number of benzene rings is 2. The lowest BCUT2D eigenvalue weighted by Gasteiger charge is -2.13. The zero-order chi connectivity index (χ0) is 20.7. The molecule has 146 valence electrons. The van der Waals surface area contributed by atoms with Crippen molar-refractivity contribution >= 4 is 11.0 Å². The summed E-state index contributed by atoms with van der Waals surface area (Å²) in [5.74, 6) is -0.646. The molecular weight excluding hydrogens is 376 g/mol. The minimum Gasteiger partial charge on any atom is -0.506 e. The summed E-state index contributed by atoms with van der Waals surface area (Å²) in [4.78, 5) is 25.3. The van der Waals surface area contributed by atoms with Crippen molar-refractivity contribution in [3.8, 4) is 39.7 Å². The normalized spacial score (nSPS) is 11.0. The van der Waals surface area contributed by atoms with Gasteiger partial charge in [0.25, 0.3) is 0 Å². The molecule has 29 heavy (non-hydrogen) atoms. The summed E-state index contributed by atoms with van der Waals surface area (Å²) in [6.45, 7) is 1.43. The van der Waals surface area contributed by atoms with Gasteiger partial charge in [0.05, 0.1) is 18.2 Å². The van der Waals surface area contributed by atoms with Gasteiger partial charge < -0.3 is 23.8 Å². The van der Waals surface area contributed by atoms with E-state index in [2.05, 4.69) is 0 Å². The Balaban J connectivity index is 2.05. The van der Waals surface area contributed by atoms with E-state index in [0.717, 1.165) is 6.26 Å². The van der Waals surface area contributed by atoms with Crippen LogP contribution in [-0.4, -0.2) is 17.3 Å². The van der Waals surface area contributed by atoms with E-state index in [9.17, 15) is 19.8 Å². The largest absolute Gasteiger partial charge is 0.506 e. The molecule has 0 aliphatic rings. The van der Waals surface area contributed by atoms with Gasteiger partial charge in [0.2, 0.25) is 11.2 Å². The van der Waals surface area contributed by atoms with Crippen LogP contribution in [-0.2, 0) is 0 Å². The van der Waals surface area contributed by atoms with Gasteiger partial charge >= 0.3 is 0 Å². The Morgan fingerprint density at radius 2 is 1.72 bits per heavy atom. The second-order valence-electron chi connectivity index (χ2n) is 6.40. The van der Waals surface area contributed by atoms with Gasteiger partial charge in [0.15, 0.2) is 5.43 Å². The Hall–Kier alpha value is -4.00. The highest BCUT2D eigenvalue weighted by molar-refractivity contribution is 5.95. The van der Waals surface area contributed by atoms with Crippen LogP contribution in [0, 0.1) is 6.92 Å². The van der Waals surface area contributed by atoms with Crippen molar-refractivity contribution in [3.63, 3.8) is 0 Å². The molecule has 4 rings (SSSR count). The summed E-state index contributed by atoms with van der Waals surface area (Å²) >= 11 is 0. The smallest absolute Gasteiger partial charge is 0.234 e. The zero-order valence-electron chi connectivity index (χ0n) is 15.6. The van der Waals surface area contributed by atoms with Crippen LogP contribution in [0.4, 0.5) is 0 Å². The summed E-state index contributed by atoms with van der Waals surface area (Å²) in [7, 11) is 1.35. The molecule has 0 amide bonds. The van der Waals surface area contributed by atoms with E-state index in [0.29, 0.717) is 11.3 Å². The predicted molar refractivity (Wildman–Crippen MR) is 107 cm³/mol. The van der Waals surface area contributed by atoms with Gasteiger partial charge in [0, 0.05) is 17.7 Å². The van der Waals surface area contributed by atoms with Gasteiger partial charge in [-0.25, -0.2) is 0 Å². The zero-order valence-corrected chi connectivity index (χ0v) is 15.6. The maximum atomic E-state index is 12.8. The van der Waals surface area contributed by atoms with E-state index in [1.807, 2.05) is 18.2 Å². The van der Waals surface area contributed by atoms with Crippen LogP contribution in [0.2, 0.25) is 0 Å². The van der Waals surface area contributed by atoms with E-state index in [1.165, 1.54) is 26.2 Å². The van der Waals surface area contributed by atoms with Crippen LogP contribution in [0.5, 0.6) is 17.2 Å². The molecule has 2 heterocycles.